The molecule has 0 aromatic heterocycles. The van der Waals surface area contributed by atoms with Gasteiger partial charge in [-0.15, -0.1) is 0 Å². The molecule has 1 unspecified atom stereocenters. The first kappa shape index (κ1) is 18.0. The highest BCUT2D eigenvalue weighted by Gasteiger charge is 2.16. The molecule has 6 heteroatoms. The zero-order valence-corrected chi connectivity index (χ0v) is 12.5. The molecule has 19 heavy (non-hydrogen) atoms. The zero-order chi connectivity index (χ0) is 14.7. The molecule has 0 aliphatic carbocycles. The van der Waals surface area contributed by atoms with Crippen LogP contribution in [0.5, 0.6) is 0 Å². The Kier molecular flexibility index (Phi) is 10.3. The van der Waals surface area contributed by atoms with Gasteiger partial charge in [0.1, 0.15) is 12.7 Å². The monoisotopic (exact) mass is 289 g/mol. The van der Waals surface area contributed by atoms with Crippen LogP contribution in [0.25, 0.3) is 0 Å². The maximum Gasteiger partial charge on any atom is 0.333 e. The standard InChI is InChI=1S/C13H23NO4S/c1-4-5-12(15)18-11(9-19-7-6-14)8-17-13(16)10(2)3/h11H,2,4-9,14H2,1,3H3. The average Bonchev–Trinajstić information content (AvgIpc) is 2.35. The average molecular weight is 289 g/mol. The van der Waals surface area contributed by atoms with Crippen molar-refractivity contribution in [3.8, 4) is 0 Å². The minimum atomic E-state index is -0.472. The summed E-state index contributed by atoms with van der Waals surface area (Å²) in [6.45, 7) is 7.59. The molecule has 2 N–H and O–H groups in total. The lowest BCUT2D eigenvalue weighted by Gasteiger charge is -2.17. The van der Waals surface area contributed by atoms with Gasteiger partial charge in [-0.2, -0.15) is 11.8 Å². The second kappa shape index (κ2) is 10.9. The van der Waals surface area contributed by atoms with Crippen molar-refractivity contribution in [2.45, 2.75) is 32.8 Å². The molecule has 0 radical (unpaired) electrons. The SMILES string of the molecule is C=C(C)C(=O)OCC(CSCCN)OC(=O)CCC. The second-order valence-electron chi connectivity index (χ2n) is 4.10. The fraction of sp³-hybridized carbons (Fsp3) is 0.692. The summed E-state index contributed by atoms with van der Waals surface area (Å²) < 4.78 is 10.3. The van der Waals surface area contributed by atoms with Crippen LogP contribution in [-0.2, 0) is 19.1 Å². The molecule has 0 aromatic carbocycles. The summed E-state index contributed by atoms with van der Waals surface area (Å²) in [6, 6.07) is 0. The van der Waals surface area contributed by atoms with Crippen LogP contribution >= 0.6 is 11.8 Å². The summed E-state index contributed by atoms with van der Waals surface area (Å²) in [4.78, 5) is 22.8. The number of carbonyl (C=O) groups is 2. The van der Waals surface area contributed by atoms with E-state index in [1.54, 1.807) is 18.7 Å². The molecule has 1 atom stereocenters. The van der Waals surface area contributed by atoms with Crippen LogP contribution in [0.15, 0.2) is 12.2 Å². The van der Waals surface area contributed by atoms with Crippen molar-refractivity contribution < 1.29 is 19.1 Å². The highest BCUT2D eigenvalue weighted by molar-refractivity contribution is 7.99. The first-order valence-corrected chi connectivity index (χ1v) is 7.46. The lowest BCUT2D eigenvalue weighted by Crippen LogP contribution is -2.28. The quantitative estimate of drug-likeness (QED) is 0.373. The summed E-state index contributed by atoms with van der Waals surface area (Å²) >= 11 is 1.57. The Balaban J connectivity index is 4.20. The zero-order valence-electron chi connectivity index (χ0n) is 11.6. The maximum absolute atomic E-state index is 11.5. The molecular formula is C13H23NO4S. The van der Waals surface area contributed by atoms with Gasteiger partial charge in [0, 0.05) is 30.0 Å². The molecular weight excluding hydrogens is 266 g/mol. The summed E-state index contributed by atoms with van der Waals surface area (Å²) in [5, 5.41) is 0. The molecule has 0 aliphatic heterocycles. The number of hydrogen-bond donors (Lipinski definition) is 1. The molecule has 0 saturated carbocycles. The Morgan fingerprint density at radius 3 is 2.63 bits per heavy atom. The Morgan fingerprint density at radius 2 is 2.11 bits per heavy atom. The van der Waals surface area contributed by atoms with Crippen LogP contribution < -0.4 is 5.73 Å². The van der Waals surface area contributed by atoms with Gasteiger partial charge >= 0.3 is 11.9 Å². The van der Waals surface area contributed by atoms with E-state index in [0.717, 1.165) is 12.2 Å². The fourth-order valence-corrected chi connectivity index (χ4v) is 1.92. The third kappa shape index (κ3) is 9.55. The van der Waals surface area contributed by atoms with Crippen molar-refractivity contribution in [1.29, 1.82) is 0 Å². The van der Waals surface area contributed by atoms with Gasteiger partial charge in [0.2, 0.25) is 0 Å². The minimum Gasteiger partial charge on any atom is -0.458 e. The van der Waals surface area contributed by atoms with E-state index in [9.17, 15) is 9.59 Å². The minimum absolute atomic E-state index is 0.0543. The van der Waals surface area contributed by atoms with Crippen LogP contribution in [0.2, 0.25) is 0 Å². The van der Waals surface area contributed by atoms with Gasteiger partial charge in [-0.05, 0) is 13.3 Å². The van der Waals surface area contributed by atoms with E-state index in [1.807, 2.05) is 6.92 Å². The summed E-state index contributed by atoms with van der Waals surface area (Å²) in [5.74, 6) is 0.597. The van der Waals surface area contributed by atoms with Gasteiger partial charge < -0.3 is 15.2 Å². The number of thioether (sulfide) groups is 1. The molecule has 5 nitrogen and oxygen atoms in total. The first-order valence-electron chi connectivity index (χ1n) is 6.31. The molecule has 0 saturated heterocycles. The van der Waals surface area contributed by atoms with Gasteiger partial charge in [-0.25, -0.2) is 4.79 Å². The topological polar surface area (TPSA) is 78.6 Å². The number of rotatable bonds is 10. The molecule has 0 aromatic rings. The fourth-order valence-electron chi connectivity index (χ4n) is 1.16. The normalized spacial score (nSPS) is 11.7. The van der Waals surface area contributed by atoms with Crippen molar-refractivity contribution in [1.82, 2.24) is 0 Å². The molecule has 0 bridgehead atoms. The molecule has 0 fully saturated rings. The first-order chi connectivity index (χ1) is 9.01. The number of nitrogens with two attached hydrogens (primary N) is 1. The van der Waals surface area contributed by atoms with E-state index >= 15 is 0 Å². The van der Waals surface area contributed by atoms with Crippen molar-refractivity contribution >= 4 is 23.7 Å². The highest BCUT2D eigenvalue weighted by Crippen LogP contribution is 2.08. The van der Waals surface area contributed by atoms with Gasteiger partial charge in [-0.1, -0.05) is 13.5 Å². The number of hydrogen-bond acceptors (Lipinski definition) is 6. The highest BCUT2D eigenvalue weighted by atomic mass is 32.2. The van der Waals surface area contributed by atoms with Crippen molar-refractivity contribution in [3.05, 3.63) is 12.2 Å². The lowest BCUT2D eigenvalue weighted by molar-refractivity contribution is -0.155. The third-order valence-electron chi connectivity index (χ3n) is 2.07. The Labute approximate surface area is 118 Å². The number of carbonyl (C=O) groups excluding carboxylic acids is 2. The predicted octanol–water partition coefficient (Wildman–Crippen LogP) is 1.51. The number of esters is 2. The van der Waals surface area contributed by atoms with Crippen molar-refractivity contribution in [3.63, 3.8) is 0 Å². The van der Waals surface area contributed by atoms with Crippen LogP contribution in [-0.4, -0.2) is 42.7 Å². The maximum atomic E-state index is 11.5. The van der Waals surface area contributed by atoms with Gasteiger partial charge in [-0.3, -0.25) is 4.79 Å². The Morgan fingerprint density at radius 1 is 1.42 bits per heavy atom. The van der Waals surface area contributed by atoms with Crippen molar-refractivity contribution in [2.24, 2.45) is 5.73 Å². The Bertz CT molecular complexity index is 307. The van der Waals surface area contributed by atoms with Crippen LogP contribution in [0.3, 0.4) is 0 Å². The smallest absolute Gasteiger partial charge is 0.333 e. The van der Waals surface area contributed by atoms with Crippen molar-refractivity contribution in [2.75, 3.05) is 24.7 Å². The van der Waals surface area contributed by atoms with Gasteiger partial charge in [0.05, 0.1) is 0 Å². The summed E-state index contributed by atoms with van der Waals surface area (Å²) in [7, 11) is 0. The van der Waals surface area contributed by atoms with E-state index in [1.165, 1.54) is 0 Å². The van der Waals surface area contributed by atoms with E-state index in [-0.39, 0.29) is 12.6 Å². The number of ether oxygens (including phenoxy) is 2. The lowest BCUT2D eigenvalue weighted by atomic mass is 10.3. The van der Waals surface area contributed by atoms with E-state index in [0.29, 0.717) is 24.3 Å². The second-order valence-corrected chi connectivity index (χ2v) is 5.25. The van der Waals surface area contributed by atoms with Crippen LogP contribution in [0.1, 0.15) is 26.7 Å². The molecule has 0 rings (SSSR count). The Hall–Kier alpha value is -1.01. The van der Waals surface area contributed by atoms with E-state index in [4.69, 9.17) is 15.2 Å². The molecule has 0 aliphatic rings. The predicted molar refractivity (Wildman–Crippen MR) is 76.9 cm³/mol. The summed E-state index contributed by atoms with van der Waals surface area (Å²) in [6.07, 6.45) is 0.665. The van der Waals surface area contributed by atoms with Crippen LogP contribution in [0.4, 0.5) is 0 Å². The van der Waals surface area contributed by atoms with Crippen LogP contribution in [0, 0.1) is 0 Å². The van der Waals surface area contributed by atoms with Gasteiger partial charge in [0.25, 0.3) is 0 Å². The largest absolute Gasteiger partial charge is 0.458 e. The van der Waals surface area contributed by atoms with E-state index < -0.39 is 12.1 Å². The molecule has 0 heterocycles. The molecule has 110 valence electrons. The molecule has 0 amide bonds. The third-order valence-corrected chi connectivity index (χ3v) is 3.20. The molecule has 0 spiro atoms. The van der Waals surface area contributed by atoms with Gasteiger partial charge in [0.15, 0.2) is 0 Å². The van der Waals surface area contributed by atoms with E-state index in [2.05, 4.69) is 6.58 Å². The summed E-state index contributed by atoms with van der Waals surface area (Å²) in [5.41, 5.74) is 5.73.